The van der Waals surface area contributed by atoms with Crippen molar-refractivity contribution in [1.29, 1.82) is 0 Å². The van der Waals surface area contributed by atoms with E-state index >= 15 is 0 Å². The number of carbonyl (C=O) groups is 1. The largest absolute Gasteiger partial charge is 0.474 e. The number of hydrogen-bond acceptors (Lipinski definition) is 4. The van der Waals surface area contributed by atoms with Gasteiger partial charge in [0.15, 0.2) is 0 Å². The van der Waals surface area contributed by atoms with Crippen LogP contribution in [0.4, 0.5) is 0 Å². The molecule has 2 N–H and O–H groups in total. The molecule has 2 saturated carbocycles. The van der Waals surface area contributed by atoms with Crippen LogP contribution in [0.2, 0.25) is 0 Å². The lowest BCUT2D eigenvalue weighted by Crippen LogP contribution is -2.33. The van der Waals surface area contributed by atoms with E-state index in [2.05, 4.69) is 20.5 Å². The van der Waals surface area contributed by atoms with E-state index in [9.17, 15) is 4.79 Å². The summed E-state index contributed by atoms with van der Waals surface area (Å²) >= 11 is 0. The molecule has 0 spiro atoms. The minimum atomic E-state index is 0.198. The molecule has 4 rings (SSSR count). The molecule has 6 heteroatoms. The van der Waals surface area contributed by atoms with Crippen molar-refractivity contribution in [3.8, 4) is 5.88 Å². The molecule has 2 aliphatic rings. The number of carbonyl (C=O) groups excluding carboxylic acids is 1. The Morgan fingerprint density at radius 1 is 1.11 bits per heavy atom. The minimum Gasteiger partial charge on any atom is -0.474 e. The number of ether oxygens (including phenoxy) is 1. The van der Waals surface area contributed by atoms with Crippen molar-refractivity contribution in [3.05, 3.63) is 18.0 Å². The van der Waals surface area contributed by atoms with Crippen LogP contribution >= 0.6 is 0 Å². The SMILES string of the molecule is O=C(NCCc1[nH]nc2ccnc(OC3CCCCC3)c12)C1CCCCC1. The third-order valence-corrected chi connectivity index (χ3v) is 5.99. The molecular weight excluding hydrogens is 340 g/mol. The second-order valence-corrected chi connectivity index (χ2v) is 7.97. The van der Waals surface area contributed by atoms with E-state index < -0.39 is 0 Å². The number of nitrogens with one attached hydrogen (secondary N) is 2. The average molecular weight is 370 g/mol. The Balaban J connectivity index is 1.40. The molecule has 2 fully saturated rings. The van der Waals surface area contributed by atoms with Crippen LogP contribution < -0.4 is 10.1 Å². The first-order valence-electron chi connectivity index (χ1n) is 10.6. The predicted molar refractivity (Wildman–Crippen MR) is 105 cm³/mol. The first-order valence-corrected chi connectivity index (χ1v) is 10.6. The number of fused-ring (bicyclic) bond motifs is 1. The van der Waals surface area contributed by atoms with Gasteiger partial charge in [-0.2, -0.15) is 5.10 Å². The van der Waals surface area contributed by atoms with Gasteiger partial charge in [0.25, 0.3) is 0 Å². The van der Waals surface area contributed by atoms with Crippen LogP contribution in [0.25, 0.3) is 10.9 Å². The maximum absolute atomic E-state index is 12.3. The highest BCUT2D eigenvalue weighted by Crippen LogP contribution is 2.29. The molecule has 0 atom stereocenters. The summed E-state index contributed by atoms with van der Waals surface area (Å²) < 4.78 is 6.23. The lowest BCUT2D eigenvalue weighted by Gasteiger charge is -2.22. The Kier molecular flexibility index (Phi) is 5.90. The van der Waals surface area contributed by atoms with Crippen LogP contribution in [-0.4, -0.2) is 33.7 Å². The van der Waals surface area contributed by atoms with E-state index in [0.717, 1.165) is 42.3 Å². The van der Waals surface area contributed by atoms with E-state index in [4.69, 9.17) is 4.74 Å². The van der Waals surface area contributed by atoms with Crippen molar-refractivity contribution >= 4 is 16.8 Å². The number of hydrogen-bond donors (Lipinski definition) is 2. The Morgan fingerprint density at radius 2 is 1.85 bits per heavy atom. The van der Waals surface area contributed by atoms with Gasteiger partial charge in [0.2, 0.25) is 11.8 Å². The number of H-pyrrole nitrogens is 1. The predicted octanol–water partition coefficient (Wildman–Crippen LogP) is 3.91. The summed E-state index contributed by atoms with van der Waals surface area (Å²) in [5.74, 6) is 1.08. The molecule has 2 aromatic heterocycles. The molecule has 146 valence electrons. The van der Waals surface area contributed by atoms with Crippen LogP contribution in [0, 0.1) is 5.92 Å². The molecule has 2 aliphatic carbocycles. The van der Waals surface area contributed by atoms with Gasteiger partial charge in [-0.3, -0.25) is 9.89 Å². The standard InChI is InChI=1S/C21H30N4O2/c26-20(15-7-3-1-4-8-15)22-13-11-17-19-18(25-24-17)12-14-23-21(19)27-16-9-5-2-6-10-16/h12,14-16H,1-11,13H2,(H,22,26)(H,24,25). The maximum Gasteiger partial charge on any atom is 0.225 e. The molecule has 0 saturated heterocycles. The van der Waals surface area contributed by atoms with Crippen LogP contribution in [0.15, 0.2) is 12.3 Å². The zero-order valence-corrected chi connectivity index (χ0v) is 16.0. The summed E-state index contributed by atoms with van der Waals surface area (Å²) in [4.78, 5) is 16.8. The molecule has 0 radical (unpaired) electrons. The van der Waals surface area contributed by atoms with E-state index in [-0.39, 0.29) is 17.9 Å². The van der Waals surface area contributed by atoms with Gasteiger partial charge in [-0.15, -0.1) is 0 Å². The van der Waals surface area contributed by atoms with Crippen LogP contribution in [0.3, 0.4) is 0 Å². The van der Waals surface area contributed by atoms with Gasteiger partial charge in [-0.25, -0.2) is 4.98 Å². The van der Waals surface area contributed by atoms with Gasteiger partial charge in [0, 0.05) is 25.1 Å². The molecule has 0 bridgehead atoms. The average Bonchev–Trinajstić information content (AvgIpc) is 3.13. The fourth-order valence-electron chi connectivity index (χ4n) is 4.42. The Bertz CT molecular complexity index is 761. The summed E-state index contributed by atoms with van der Waals surface area (Å²) in [6.07, 6.45) is 14.4. The van der Waals surface area contributed by atoms with Crippen molar-refractivity contribution in [2.45, 2.75) is 76.7 Å². The first-order chi connectivity index (χ1) is 13.3. The minimum absolute atomic E-state index is 0.198. The lowest BCUT2D eigenvalue weighted by atomic mass is 9.89. The van der Waals surface area contributed by atoms with Gasteiger partial charge >= 0.3 is 0 Å². The zero-order valence-electron chi connectivity index (χ0n) is 16.0. The molecule has 0 aliphatic heterocycles. The molecule has 6 nitrogen and oxygen atoms in total. The third kappa shape index (κ3) is 4.42. The highest BCUT2D eigenvalue weighted by atomic mass is 16.5. The number of aromatic nitrogens is 3. The van der Waals surface area contributed by atoms with Gasteiger partial charge in [0.05, 0.1) is 16.6 Å². The summed E-state index contributed by atoms with van der Waals surface area (Å²) in [7, 11) is 0. The monoisotopic (exact) mass is 370 g/mol. The van der Waals surface area contributed by atoms with Gasteiger partial charge in [0.1, 0.15) is 6.10 Å². The summed E-state index contributed by atoms with van der Waals surface area (Å²) in [6.45, 7) is 0.615. The van der Waals surface area contributed by atoms with E-state index in [1.807, 2.05) is 6.07 Å². The second kappa shape index (κ2) is 8.72. The highest BCUT2D eigenvalue weighted by molar-refractivity contribution is 5.86. The fraction of sp³-hybridized carbons (Fsp3) is 0.667. The van der Waals surface area contributed by atoms with Crippen LogP contribution in [0.5, 0.6) is 5.88 Å². The van der Waals surface area contributed by atoms with E-state index in [0.29, 0.717) is 18.8 Å². The third-order valence-electron chi connectivity index (χ3n) is 5.99. The highest BCUT2D eigenvalue weighted by Gasteiger charge is 2.22. The smallest absolute Gasteiger partial charge is 0.225 e. The van der Waals surface area contributed by atoms with Crippen molar-refractivity contribution in [2.75, 3.05) is 6.54 Å². The lowest BCUT2D eigenvalue weighted by molar-refractivity contribution is -0.125. The number of aromatic amines is 1. The Morgan fingerprint density at radius 3 is 2.63 bits per heavy atom. The number of amides is 1. The molecule has 2 aromatic rings. The van der Waals surface area contributed by atoms with Gasteiger partial charge in [-0.1, -0.05) is 25.7 Å². The van der Waals surface area contributed by atoms with Crippen molar-refractivity contribution in [1.82, 2.24) is 20.5 Å². The van der Waals surface area contributed by atoms with Crippen LogP contribution in [0.1, 0.15) is 69.9 Å². The van der Waals surface area contributed by atoms with E-state index in [1.54, 1.807) is 6.20 Å². The van der Waals surface area contributed by atoms with Gasteiger partial charge < -0.3 is 10.1 Å². The van der Waals surface area contributed by atoms with Crippen molar-refractivity contribution in [2.24, 2.45) is 5.92 Å². The molecular formula is C21H30N4O2. The van der Waals surface area contributed by atoms with Crippen molar-refractivity contribution in [3.63, 3.8) is 0 Å². The second-order valence-electron chi connectivity index (χ2n) is 7.97. The normalized spacial score (nSPS) is 19.3. The zero-order chi connectivity index (χ0) is 18.5. The fourth-order valence-corrected chi connectivity index (χ4v) is 4.42. The molecule has 2 heterocycles. The quantitative estimate of drug-likeness (QED) is 0.808. The Labute approximate surface area is 160 Å². The number of nitrogens with zero attached hydrogens (tertiary/aromatic N) is 2. The summed E-state index contributed by atoms with van der Waals surface area (Å²) in [5.41, 5.74) is 1.87. The van der Waals surface area contributed by atoms with Gasteiger partial charge in [-0.05, 0) is 44.6 Å². The number of pyridine rings is 1. The summed E-state index contributed by atoms with van der Waals surface area (Å²) in [6, 6.07) is 1.91. The topological polar surface area (TPSA) is 79.9 Å². The molecule has 0 aromatic carbocycles. The molecule has 0 unspecified atom stereocenters. The Hall–Kier alpha value is -2.11. The van der Waals surface area contributed by atoms with E-state index in [1.165, 1.54) is 38.5 Å². The maximum atomic E-state index is 12.3. The van der Waals surface area contributed by atoms with Crippen molar-refractivity contribution < 1.29 is 9.53 Å². The number of rotatable bonds is 6. The molecule has 1 amide bonds. The van der Waals surface area contributed by atoms with Crippen LogP contribution in [-0.2, 0) is 11.2 Å². The molecule has 27 heavy (non-hydrogen) atoms. The first kappa shape index (κ1) is 18.3. The summed E-state index contributed by atoms with van der Waals surface area (Å²) in [5, 5.41) is 11.6.